The molecule has 4 nitrogen and oxygen atoms in total. The van der Waals surface area contributed by atoms with Crippen molar-refractivity contribution in [1.29, 1.82) is 0 Å². The van der Waals surface area contributed by atoms with Gasteiger partial charge in [0.25, 0.3) is 0 Å². The molecule has 0 bridgehead atoms. The lowest BCUT2D eigenvalue weighted by Crippen LogP contribution is -2.26. The highest BCUT2D eigenvalue weighted by Gasteiger charge is 2.03. The van der Waals surface area contributed by atoms with E-state index in [4.69, 9.17) is 9.84 Å². The van der Waals surface area contributed by atoms with Crippen LogP contribution < -0.4 is 4.74 Å². The Balaban J connectivity index is 2.23. The van der Waals surface area contributed by atoms with Gasteiger partial charge in [-0.15, -0.1) is 0 Å². The van der Waals surface area contributed by atoms with Crippen molar-refractivity contribution in [1.82, 2.24) is 4.90 Å². The van der Waals surface area contributed by atoms with Crippen LogP contribution in [-0.4, -0.2) is 36.3 Å². The van der Waals surface area contributed by atoms with Gasteiger partial charge in [0.15, 0.2) is 0 Å². The maximum absolute atomic E-state index is 10.5. The zero-order valence-electron chi connectivity index (χ0n) is 9.02. The molecule has 1 N–H and O–H groups in total. The van der Waals surface area contributed by atoms with E-state index in [0.717, 1.165) is 9.32 Å². The number of halogens is 1. The molecule has 88 valence electrons. The number of ether oxygens (including phenoxy) is 1. The number of nitrogens with zero attached hydrogens (tertiary/aromatic N) is 1. The number of carbonyl (C=O) groups is 1. The lowest BCUT2D eigenvalue weighted by atomic mass is 10.3. The molecule has 0 spiro atoms. The van der Waals surface area contributed by atoms with E-state index in [0.29, 0.717) is 19.6 Å². The second kappa shape index (κ2) is 6.57. The van der Waals surface area contributed by atoms with E-state index in [1.807, 2.05) is 24.3 Å². The Labute approximate surface area is 108 Å². The van der Waals surface area contributed by atoms with Crippen molar-refractivity contribution >= 4 is 28.7 Å². The van der Waals surface area contributed by atoms with Crippen molar-refractivity contribution in [3.8, 4) is 5.75 Å². The molecule has 0 heterocycles. The summed E-state index contributed by atoms with van der Waals surface area (Å²) in [7, 11) is 1.55. The summed E-state index contributed by atoms with van der Waals surface area (Å²) in [6, 6.07) is 7.76. The van der Waals surface area contributed by atoms with E-state index in [1.54, 1.807) is 7.05 Å². The lowest BCUT2D eigenvalue weighted by Gasteiger charge is -2.12. The largest absolute Gasteiger partial charge is 0.493 e. The fraction of sp³-hybridized carbons (Fsp3) is 0.364. The van der Waals surface area contributed by atoms with E-state index in [2.05, 4.69) is 22.6 Å². The number of amides is 1. The fourth-order valence-corrected chi connectivity index (χ4v) is 1.66. The summed E-state index contributed by atoms with van der Waals surface area (Å²) >= 11 is 2.22. The molecule has 0 fully saturated rings. The Morgan fingerprint density at radius 1 is 1.56 bits per heavy atom. The highest BCUT2D eigenvalue weighted by molar-refractivity contribution is 14.1. The predicted octanol–water partition coefficient (Wildman–Crippen LogP) is 2.67. The highest BCUT2D eigenvalue weighted by atomic mass is 127. The molecule has 0 atom stereocenters. The Kier molecular flexibility index (Phi) is 5.37. The summed E-state index contributed by atoms with van der Waals surface area (Å²) in [5, 5.41) is 8.62. The first kappa shape index (κ1) is 13.1. The van der Waals surface area contributed by atoms with Gasteiger partial charge in [0.2, 0.25) is 0 Å². The van der Waals surface area contributed by atoms with Crippen LogP contribution in [0.2, 0.25) is 0 Å². The van der Waals surface area contributed by atoms with Crippen LogP contribution in [-0.2, 0) is 0 Å². The summed E-state index contributed by atoms with van der Waals surface area (Å²) in [6.45, 7) is 1.01. The van der Waals surface area contributed by atoms with Crippen molar-refractivity contribution in [2.24, 2.45) is 0 Å². The highest BCUT2D eigenvalue weighted by Crippen LogP contribution is 2.14. The van der Waals surface area contributed by atoms with E-state index < -0.39 is 6.09 Å². The second-order valence-corrected chi connectivity index (χ2v) is 4.61. The maximum atomic E-state index is 10.5. The zero-order valence-corrected chi connectivity index (χ0v) is 11.2. The molecule has 1 aromatic rings. The van der Waals surface area contributed by atoms with Crippen LogP contribution >= 0.6 is 22.6 Å². The van der Waals surface area contributed by atoms with Crippen molar-refractivity contribution < 1.29 is 14.6 Å². The average molecular weight is 335 g/mol. The molecule has 0 saturated heterocycles. The van der Waals surface area contributed by atoms with Gasteiger partial charge in [0.1, 0.15) is 5.75 Å². The first-order valence-corrected chi connectivity index (χ1v) is 6.00. The lowest BCUT2D eigenvalue weighted by molar-refractivity contribution is 0.152. The predicted molar refractivity (Wildman–Crippen MR) is 69.9 cm³/mol. The molecule has 1 amide bonds. The number of hydrogen-bond donors (Lipinski definition) is 1. The van der Waals surface area contributed by atoms with Gasteiger partial charge in [0.05, 0.1) is 6.61 Å². The van der Waals surface area contributed by atoms with Gasteiger partial charge in [-0.25, -0.2) is 4.79 Å². The molecule has 0 saturated carbocycles. The van der Waals surface area contributed by atoms with Crippen LogP contribution in [0.3, 0.4) is 0 Å². The topological polar surface area (TPSA) is 49.8 Å². The van der Waals surface area contributed by atoms with Crippen LogP contribution in [0.25, 0.3) is 0 Å². The zero-order chi connectivity index (χ0) is 12.0. The van der Waals surface area contributed by atoms with Crippen LogP contribution in [0.1, 0.15) is 6.42 Å². The smallest absolute Gasteiger partial charge is 0.407 e. The van der Waals surface area contributed by atoms with Crippen molar-refractivity contribution in [2.75, 3.05) is 20.2 Å². The number of rotatable bonds is 5. The molecule has 0 aliphatic heterocycles. The number of carboxylic acid groups (broad SMARTS) is 1. The van der Waals surface area contributed by atoms with Gasteiger partial charge in [-0.1, -0.05) is 6.07 Å². The molecular weight excluding hydrogens is 321 g/mol. The minimum atomic E-state index is -0.908. The Morgan fingerprint density at radius 2 is 2.31 bits per heavy atom. The molecule has 0 aliphatic rings. The quantitative estimate of drug-likeness (QED) is 0.665. The Bertz CT molecular complexity index is 357. The molecule has 0 radical (unpaired) electrons. The monoisotopic (exact) mass is 335 g/mol. The first-order chi connectivity index (χ1) is 7.59. The summed E-state index contributed by atoms with van der Waals surface area (Å²) in [5.41, 5.74) is 0. The maximum Gasteiger partial charge on any atom is 0.407 e. The summed E-state index contributed by atoms with van der Waals surface area (Å²) < 4.78 is 6.62. The van der Waals surface area contributed by atoms with Gasteiger partial charge in [-0.3, -0.25) is 0 Å². The molecule has 5 heteroatoms. The van der Waals surface area contributed by atoms with Crippen LogP contribution in [0.4, 0.5) is 4.79 Å². The van der Waals surface area contributed by atoms with E-state index in [1.165, 1.54) is 4.90 Å². The molecule has 0 aliphatic carbocycles. The van der Waals surface area contributed by atoms with Gasteiger partial charge in [0, 0.05) is 17.2 Å². The standard InChI is InChI=1S/C11H14INO3/c1-13(11(14)15)6-3-7-16-10-5-2-4-9(12)8-10/h2,4-5,8H,3,6-7H2,1H3,(H,14,15). The van der Waals surface area contributed by atoms with E-state index >= 15 is 0 Å². The third-order valence-electron chi connectivity index (χ3n) is 2.03. The van der Waals surface area contributed by atoms with Crippen molar-refractivity contribution in [3.05, 3.63) is 27.8 Å². The van der Waals surface area contributed by atoms with Crippen molar-refractivity contribution in [3.63, 3.8) is 0 Å². The van der Waals surface area contributed by atoms with Crippen LogP contribution in [0.5, 0.6) is 5.75 Å². The minimum Gasteiger partial charge on any atom is -0.493 e. The second-order valence-electron chi connectivity index (χ2n) is 3.36. The van der Waals surface area contributed by atoms with Gasteiger partial charge in [-0.05, 0) is 47.2 Å². The molecular formula is C11H14INO3. The minimum absolute atomic E-state index is 0.485. The third kappa shape index (κ3) is 4.69. The van der Waals surface area contributed by atoms with E-state index in [-0.39, 0.29) is 0 Å². The Morgan fingerprint density at radius 3 is 2.94 bits per heavy atom. The van der Waals surface area contributed by atoms with Gasteiger partial charge >= 0.3 is 6.09 Å². The van der Waals surface area contributed by atoms with E-state index in [9.17, 15) is 4.79 Å². The Hall–Kier alpha value is -0.980. The SMILES string of the molecule is CN(CCCOc1cccc(I)c1)C(=O)O. The average Bonchev–Trinajstić information content (AvgIpc) is 2.24. The van der Waals surface area contributed by atoms with Gasteiger partial charge in [-0.2, -0.15) is 0 Å². The number of hydrogen-bond acceptors (Lipinski definition) is 2. The van der Waals surface area contributed by atoms with Crippen LogP contribution in [0, 0.1) is 3.57 Å². The van der Waals surface area contributed by atoms with Gasteiger partial charge < -0.3 is 14.7 Å². The molecule has 1 rings (SSSR count). The fourth-order valence-electron chi connectivity index (χ4n) is 1.14. The summed E-state index contributed by atoms with van der Waals surface area (Å²) in [6.07, 6.45) is -0.219. The first-order valence-electron chi connectivity index (χ1n) is 4.92. The van der Waals surface area contributed by atoms with Crippen LogP contribution in [0.15, 0.2) is 24.3 Å². The molecule has 1 aromatic carbocycles. The number of benzene rings is 1. The van der Waals surface area contributed by atoms with Crippen molar-refractivity contribution in [2.45, 2.75) is 6.42 Å². The summed E-state index contributed by atoms with van der Waals surface area (Å²) in [5.74, 6) is 0.824. The molecule has 0 aromatic heterocycles. The third-order valence-corrected chi connectivity index (χ3v) is 2.70. The summed E-state index contributed by atoms with van der Waals surface area (Å²) in [4.78, 5) is 11.7. The molecule has 0 unspecified atom stereocenters. The molecule has 16 heavy (non-hydrogen) atoms. The normalized spacial score (nSPS) is 9.88.